The van der Waals surface area contributed by atoms with Crippen molar-refractivity contribution in [1.29, 1.82) is 0 Å². The Bertz CT molecular complexity index is 200. The molecule has 1 rings (SSSR count). The van der Waals surface area contributed by atoms with Gasteiger partial charge in [-0.3, -0.25) is 0 Å². The van der Waals surface area contributed by atoms with Crippen LogP contribution in [0.2, 0.25) is 0 Å². The van der Waals surface area contributed by atoms with Crippen LogP contribution in [0.1, 0.15) is 11.1 Å². The quantitative estimate of drug-likeness (QED) is 0.630. The molecule has 10 heavy (non-hydrogen) atoms. The summed E-state index contributed by atoms with van der Waals surface area (Å²) in [4.78, 5) is 0. The van der Waals surface area contributed by atoms with Gasteiger partial charge in [0.15, 0.2) is 0 Å². The Kier molecular flexibility index (Phi) is 4.63. The third-order valence-electron chi connectivity index (χ3n) is 1.45. The molecule has 0 saturated heterocycles. The summed E-state index contributed by atoms with van der Waals surface area (Å²) in [6.07, 6.45) is 0. The van der Waals surface area contributed by atoms with E-state index in [2.05, 4.69) is 6.07 Å². The molecule has 0 unspecified atom stereocenters. The fraction of sp³-hybridized carbons (Fsp3) is 0.250. The van der Waals surface area contributed by atoms with E-state index in [4.69, 9.17) is 0 Å². The maximum Gasteiger partial charge on any atom is 0.0182 e. The molecule has 0 aliphatic rings. The molecule has 0 fully saturated rings. The number of hydrogen-bond donors (Lipinski definition) is 0. The minimum atomic E-state index is -0.147. The molecule has 0 amide bonds. The SMILES string of the molecule is Cc1[c-]ccc(F)c1C.[Pr]. The number of benzene rings is 1. The van der Waals surface area contributed by atoms with Gasteiger partial charge in [-0.25, -0.2) is 4.39 Å². The van der Waals surface area contributed by atoms with Gasteiger partial charge in [-0.15, -0.1) is 11.6 Å². The first kappa shape index (κ1) is 10.5. The van der Waals surface area contributed by atoms with Crippen molar-refractivity contribution >= 4 is 0 Å². The molecule has 51 valence electrons. The van der Waals surface area contributed by atoms with Crippen molar-refractivity contribution in [2.75, 3.05) is 0 Å². The Hall–Kier alpha value is 0.514. The molecule has 2 heteroatoms. The molecule has 0 aliphatic heterocycles. The second-order valence-corrected chi connectivity index (χ2v) is 2.08. The van der Waals surface area contributed by atoms with E-state index < -0.39 is 0 Å². The van der Waals surface area contributed by atoms with E-state index >= 15 is 0 Å². The average molecular weight is 264 g/mol. The maximum atomic E-state index is 12.6. The summed E-state index contributed by atoms with van der Waals surface area (Å²) in [5.41, 5.74) is 1.58. The van der Waals surface area contributed by atoms with E-state index in [1.807, 2.05) is 6.92 Å². The zero-order chi connectivity index (χ0) is 6.85. The Labute approximate surface area is 93.8 Å². The predicted octanol–water partition coefficient (Wildman–Crippen LogP) is 2.24. The van der Waals surface area contributed by atoms with Gasteiger partial charge < -0.3 is 0 Å². The van der Waals surface area contributed by atoms with Gasteiger partial charge in [0.1, 0.15) is 0 Å². The molecule has 0 bridgehead atoms. The first-order valence-electron chi connectivity index (χ1n) is 2.85. The van der Waals surface area contributed by atoms with Crippen LogP contribution in [-0.2, 0) is 0 Å². The molecule has 0 heterocycles. The first-order valence-corrected chi connectivity index (χ1v) is 2.85. The van der Waals surface area contributed by atoms with Crippen molar-refractivity contribution in [3.63, 3.8) is 0 Å². The van der Waals surface area contributed by atoms with Gasteiger partial charge in [0, 0.05) is 47.1 Å². The molecule has 1 aromatic carbocycles. The van der Waals surface area contributed by atoms with Gasteiger partial charge in [0.05, 0.1) is 0 Å². The summed E-state index contributed by atoms with van der Waals surface area (Å²) in [5, 5.41) is 0. The van der Waals surface area contributed by atoms with Gasteiger partial charge in [0.25, 0.3) is 0 Å². The molecule has 0 aliphatic carbocycles. The monoisotopic (exact) mass is 264 g/mol. The summed E-state index contributed by atoms with van der Waals surface area (Å²) in [6, 6.07) is 5.91. The molecule has 0 saturated carbocycles. The molecule has 0 spiro atoms. The van der Waals surface area contributed by atoms with Crippen LogP contribution < -0.4 is 0 Å². The van der Waals surface area contributed by atoms with E-state index in [0.717, 1.165) is 5.56 Å². The molecule has 0 atom stereocenters. The molecule has 0 aromatic heterocycles. The van der Waals surface area contributed by atoms with Gasteiger partial charge in [-0.2, -0.15) is 17.7 Å². The minimum Gasteiger partial charge on any atom is -0.235 e. The van der Waals surface area contributed by atoms with E-state index in [1.54, 1.807) is 13.0 Å². The van der Waals surface area contributed by atoms with E-state index in [9.17, 15) is 4.39 Å². The largest absolute Gasteiger partial charge is 0.235 e. The number of rotatable bonds is 0. The third kappa shape index (κ3) is 2.28. The molecular formula is C8H8FPr-. The first-order chi connectivity index (χ1) is 4.22. The van der Waals surface area contributed by atoms with Gasteiger partial charge in [-0.05, 0) is 0 Å². The van der Waals surface area contributed by atoms with Crippen molar-refractivity contribution in [2.45, 2.75) is 13.8 Å². The predicted molar refractivity (Wildman–Crippen MR) is 34.7 cm³/mol. The molecular weight excluding hydrogens is 256 g/mol. The summed E-state index contributed by atoms with van der Waals surface area (Å²) < 4.78 is 12.6. The molecule has 1 radical (unpaired) electrons. The smallest absolute Gasteiger partial charge is 0.0182 e. The fourth-order valence-electron chi connectivity index (χ4n) is 0.652. The van der Waals surface area contributed by atoms with Gasteiger partial charge >= 0.3 is 0 Å². The summed E-state index contributed by atoms with van der Waals surface area (Å²) >= 11 is 0. The molecule has 0 N–H and O–H groups in total. The number of aryl methyl sites for hydroxylation is 1. The normalized spacial score (nSPS) is 8.70. The molecule has 1 aromatic rings. The van der Waals surface area contributed by atoms with E-state index in [1.165, 1.54) is 6.07 Å². The van der Waals surface area contributed by atoms with Crippen LogP contribution in [0.25, 0.3) is 0 Å². The van der Waals surface area contributed by atoms with Gasteiger partial charge in [-0.1, -0.05) is 13.8 Å². The number of halogens is 1. The Morgan fingerprint density at radius 2 is 2.00 bits per heavy atom. The van der Waals surface area contributed by atoms with Crippen LogP contribution in [0, 0.1) is 67.0 Å². The Morgan fingerprint density at radius 3 is 2.40 bits per heavy atom. The Balaban J connectivity index is 0.000000810. The van der Waals surface area contributed by atoms with Crippen LogP contribution in [0.15, 0.2) is 12.1 Å². The van der Waals surface area contributed by atoms with Gasteiger partial charge in [0.2, 0.25) is 0 Å². The Morgan fingerprint density at radius 1 is 1.40 bits per heavy atom. The van der Waals surface area contributed by atoms with Crippen LogP contribution in [0.3, 0.4) is 0 Å². The van der Waals surface area contributed by atoms with Crippen LogP contribution in [-0.4, -0.2) is 0 Å². The average Bonchev–Trinajstić information content (AvgIpc) is 1.83. The fourth-order valence-corrected chi connectivity index (χ4v) is 0.652. The zero-order valence-electron chi connectivity index (χ0n) is 6.11. The van der Waals surface area contributed by atoms with Crippen molar-refractivity contribution in [1.82, 2.24) is 0 Å². The standard InChI is InChI=1S/C8H8F.Pr/c1-6-4-3-5-8(9)7(6)2;/h3,5H,1-2H3;/q-1;. The van der Waals surface area contributed by atoms with Crippen LogP contribution in [0.5, 0.6) is 0 Å². The zero-order valence-corrected chi connectivity index (χ0v) is 9.81. The van der Waals surface area contributed by atoms with Crippen molar-refractivity contribution in [3.8, 4) is 0 Å². The second-order valence-electron chi connectivity index (χ2n) is 2.08. The van der Waals surface area contributed by atoms with Crippen LogP contribution in [0.4, 0.5) is 4.39 Å². The maximum absolute atomic E-state index is 12.6. The topological polar surface area (TPSA) is 0 Å². The third-order valence-corrected chi connectivity index (χ3v) is 1.45. The van der Waals surface area contributed by atoms with Crippen molar-refractivity contribution in [3.05, 3.63) is 35.1 Å². The summed E-state index contributed by atoms with van der Waals surface area (Å²) in [7, 11) is 0. The van der Waals surface area contributed by atoms with E-state index in [-0.39, 0.29) is 47.1 Å². The minimum absolute atomic E-state index is 0. The van der Waals surface area contributed by atoms with E-state index in [0.29, 0.717) is 5.56 Å². The second kappa shape index (κ2) is 4.40. The van der Waals surface area contributed by atoms with Crippen molar-refractivity contribution < 1.29 is 45.7 Å². The number of hydrogen-bond acceptors (Lipinski definition) is 0. The van der Waals surface area contributed by atoms with Crippen molar-refractivity contribution in [2.24, 2.45) is 0 Å². The summed E-state index contributed by atoms with van der Waals surface area (Å²) in [5.74, 6) is -0.147. The van der Waals surface area contributed by atoms with Crippen LogP contribution >= 0.6 is 0 Å². The molecule has 0 nitrogen and oxygen atoms in total. The summed E-state index contributed by atoms with van der Waals surface area (Å²) in [6.45, 7) is 3.60.